The van der Waals surface area contributed by atoms with Gasteiger partial charge in [0.15, 0.2) is 11.6 Å². The number of rotatable bonds is 2. The molecule has 17 heavy (non-hydrogen) atoms. The zero-order chi connectivity index (χ0) is 12.4. The van der Waals surface area contributed by atoms with Crippen LogP contribution in [0.3, 0.4) is 0 Å². The largest absolute Gasteiger partial charge is 0.386 e. The predicted octanol–water partition coefficient (Wildman–Crippen LogP) is 2.88. The van der Waals surface area contributed by atoms with Crippen molar-refractivity contribution in [3.63, 3.8) is 0 Å². The molecule has 0 radical (unpaired) electrons. The van der Waals surface area contributed by atoms with E-state index in [1.54, 1.807) is 0 Å². The first-order valence-electron chi connectivity index (χ1n) is 5.85. The van der Waals surface area contributed by atoms with Crippen LogP contribution in [0.5, 0.6) is 0 Å². The van der Waals surface area contributed by atoms with E-state index in [-0.39, 0.29) is 11.1 Å². The van der Waals surface area contributed by atoms with E-state index in [2.05, 4.69) is 0 Å². The summed E-state index contributed by atoms with van der Waals surface area (Å²) in [5.74, 6) is -1.86. The third-order valence-corrected chi connectivity index (χ3v) is 3.19. The van der Waals surface area contributed by atoms with Gasteiger partial charge in [-0.25, -0.2) is 8.78 Å². The van der Waals surface area contributed by atoms with Crippen LogP contribution in [0.15, 0.2) is 12.1 Å². The molecule has 2 atom stereocenters. The van der Waals surface area contributed by atoms with Crippen LogP contribution in [0.25, 0.3) is 0 Å². The van der Waals surface area contributed by atoms with Gasteiger partial charge in [-0.2, -0.15) is 0 Å². The van der Waals surface area contributed by atoms with Crippen molar-refractivity contribution in [2.24, 2.45) is 0 Å². The van der Waals surface area contributed by atoms with Crippen LogP contribution >= 0.6 is 0 Å². The Morgan fingerprint density at radius 2 is 2.06 bits per heavy atom. The van der Waals surface area contributed by atoms with E-state index in [0.29, 0.717) is 13.0 Å². The maximum Gasteiger partial charge on any atom is 0.164 e. The fourth-order valence-electron chi connectivity index (χ4n) is 2.10. The molecule has 2 rings (SSSR count). The molecule has 94 valence electrons. The number of aliphatic hydroxyl groups excluding tert-OH is 1. The van der Waals surface area contributed by atoms with Crippen LogP contribution in [0.2, 0.25) is 0 Å². The van der Waals surface area contributed by atoms with Gasteiger partial charge in [-0.3, -0.25) is 0 Å². The number of halogens is 2. The van der Waals surface area contributed by atoms with Crippen LogP contribution in [-0.4, -0.2) is 17.8 Å². The van der Waals surface area contributed by atoms with Crippen molar-refractivity contribution < 1.29 is 18.6 Å². The van der Waals surface area contributed by atoms with E-state index in [1.165, 1.54) is 19.1 Å². The summed E-state index contributed by atoms with van der Waals surface area (Å²) in [6.45, 7) is 2.06. The molecule has 1 aromatic rings. The van der Waals surface area contributed by atoms with Crippen molar-refractivity contribution in [3.8, 4) is 0 Å². The van der Waals surface area contributed by atoms with Crippen molar-refractivity contribution in [1.29, 1.82) is 0 Å². The van der Waals surface area contributed by atoms with Gasteiger partial charge in [0.1, 0.15) is 6.10 Å². The number of aryl methyl sites for hydroxylation is 1. The summed E-state index contributed by atoms with van der Waals surface area (Å²) in [6, 6.07) is 2.90. The summed E-state index contributed by atoms with van der Waals surface area (Å²) in [6.07, 6.45) is 1.05. The summed E-state index contributed by atoms with van der Waals surface area (Å²) < 4.78 is 32.4. The summed E-state index contributed by atoms with van der Waals surface area (Å²) in [4.78, 5) is 0. The van der Waals surface area contributed by atoms with E-state index in [4.69, 9.17) is 4.74 Å². The number of aliphatic hydroxyl groups is 1. The Hall–Kier alpha value is -1.00. The van der Waals surface area contributed by atoms with Gasteiger partial charge in [-0.05, 0) is 31.7 Å². The van der Waals surface area contributed by atoms with E-state index < -0.39 is 23.8 Å². The SMILES string of the molecule is Cc1ccc(C(O)C2CCCCO2)c(F)c1F. The third-order valence-electron chi connectivity index (χ3n) is 3.19. The second-order valence-corrected chi connectivity index (χ2v) is 4.45. The van der Waals surface area contributed by atoms with Crippen molar-refractivity contribution in [3.05, 3.63) is 34.9 Å². The average Bonchev–Trinajstić information content (AvgIpc) is 2.36. The number of hydrogen-bond donors (Lipinski definition) is 1. The maximum atomic E-state index is 13.7. The van der Waals surface area contributed by atoms with Gasteiger partial charge >= 0.3 is 0 Å². The van der Waals surface area contributed by atoms with Crippen molar-refractivity contribution in [2.45, 2.75) is 38.4 Å². The molecule has 4 heteroatoms. The molecule has 0 bridgehead atoms. The number of benzene rings is 1. The summed E-state index contributed by atoms with van der Waals surface area (Å²) in [5.41, 5.74) is 0.225. The summed E-state index contributed by atoms with van der Waals surface area (Å²) >= 11 is 0. The number of hydrogen-bond acceptors (Lipinski definition) is 2. The first-order chi connectivity index (χ1) is 8.11. The molecule has 2 nitrogen and oxygen atoms in total. The predicted molar refractivity (Wildman–Crippen MR) is 59.6 cm³/mol. The second kappa shape index (κ2) is 5.10. The lowest BCUT2D eigenvalue weighted by Gasteiger charge is -2.27. The highest BCUT2D eigenvalue weighted by Crippen LogP contribution is 2.29. The van der Waals surface area contributed by atoms with E-state index in [0.717, 1.165) is 12.8 Å². The van der Waals surface area contributed by atoms with Gasteiger partial charge in [-0.15, -0.1) is 0 Å². The monoisotopic (exact) mass is 242 g/mol. The molecule has 0 aliphatic carbocycles. The van der Waals surface area contributed by atoms with Gasteiger partial charge in [0.05, 0.1) is 6.10 Å². The standard InChI is InChI=1S/C13H16F2O2/c1-8-5-6-9(12(15)11(8)14)13(16)10-4-2-3-7-17-10/h5-6,10,13,16H,2-4,7H2,1H3. The van der Waals surface area contributed by atoms with Crippen LogP contribution < -0.4 is 0 Å². The molecular weight excluding hydrogens is 226 g/mol. The molecular formula is C13H16F2O2. The highest BCUT2D eigenvalue weighted by Gasteiger charge is 2.27. The normalized spacial score (nSPS) is 22.5. The van der Waals surface area contributed by atoms with Crippen LogP contribution in [0, 0.1) is 18.6 Å². The Balaban J connectivity index is 2.24. The fourth-order valence-corrected chi connectivity index (χ4v) is 2.10. The van der Waals surface area contributed by atoms with Crippen LogP contribution in [0.4, 0.5) is 8.78 Å². The maximum absolute atomic E-state index is 13.7. The summed E-state index contributed by atoms with van der Waals surface area (Å²) in [7, 11) is 0. The smallest absolute Gasteiger partial charge is 0.164 e. The molecule has 1 aromatic carbocycles. The summed E-state index contributed by atoms with van der Waals surface area (Å²) in [5, 5.41) is 10.0. The number of ether oxygens (including phenoxy) is 1. The highest BCUT2D eigenvalue weighted by molar-refractivity contribution is 5.27. The molecule has 0 aromatic heterocycles. The minimum Gasteiger partial charge on any atom is -0.386 e. The topological polar surface area (TPSA) is 29.5 Å². The van der Waals surface area contributed by atoms with Gasteiger partial charge in [0.2, 0.25) is 0 Å². The second-order valence-electron chi connectivity index (χ2n) is 4.45. The Labute approximate surface area is 99.2 Å². The third kappa shape index (κ3) is 2.48. The van der Waals surface area contributed by atoms with Gasteiger partial charge in [0, 0.05) is 12.2 Å². The molecule has 1 N–H and O–H groups in total. The highest BCUT2D eigenvalue weighted by atomic mass is 19.2. The van der Waals surface area contributed by atoms with E-state index >= 15 is 0 Å². The Bertz CT molecular complexity index is 401. The Kier molecular flexibility index (Phi) is 3.74. The molecule has 0 spiro atoms. The molecule has 1 saturated heterocycles. The van der Waals surface area contributed by atoms with Crippen LogP contribution in [0.1, 0.15) is 36.5 Å². The van der Waals surface area contributed by atoms with Crippen LogP contribution in [-0.2, 0) is 4.74 Å². The molecule has 1 fully saturated rings. The quantitative estimate of drug-likeness (QED) is 0.864. The average molecular weight is 242 g/mol. The van der Waals surface area contributed by atoms with Gasteiger partial charge in [0.25, 0.3) is 0 Å². The molecule has 1 aliphatic heterocycles. The lowest BCUT2D eigenvalue weighted by atomic mass is 9.97. The fraction of sp³-hybridized carbons (Fsp3) is 0.538. The van der Waals surface area contributed by atoms with Crippen molar-refractivity contribution in [1.82, 2.24) is 0 Å². The van der Waals surface area contributed by atoms with Crippen molar-refractivity contribution in [2.75, 3.05) is 6.61 Å². The lowest BCUT2D eigenvalue weighted by Crippen LogP contribution is -2.27. The van der Waals surface area contributed by atoms with E-state index in [1.807, 2.05) is 0 Å². The lowest BCUT2D eigenvalue weighted by molar-refractivity contribution is -0.0646. The molecule has 1 aliphatic rings. The minimum atomic E-state index is -1.09. The first-order valence-corrected chi connectivity index (χ1v) is 5.85. The first kappa shape index (κ1) is 12.5. The minimum absolute atomic E-state index is 0.0139. The molecule has 1 heterocycles. The van der Waals surface area contributed by atoms with Crippen molar-refractivity contribution >= 4 is 0 Å². The zero-order valence-electron chi connectivity index (χ0n) is 9.75. The zero-order valence-corrected chi connectivity index (χ0v) is 9.75. The molecule has 0 saturated carbocycles. The molecule has 2 unspecified atom stereocenters. The van der Waals surface area contributed by atoms with Gasteiger partial charge < -0.3 is 9.84 Å². The molecule has 0 amide bonds. The van der Waals surface area contributed by atoms with Gasteiger partial charge in [-0.1, -0.05) is 12.1 Å². The van der Waals surface area contributed by atoms with E-state index in [9.17, 15) is 13.9 Å². The Morgan fingerprint density at radius 3 is 2.71 bits per heavy atom. The Morgan fingerprint density at radius 1 is 1.29 bits per heavy atom.